The molecule has 1 unspecified atom stereocenters. The molecule has 1 aromatic carbocycles. The van der Waals surface area contributed by atoms with E-state index >= 15 is 0 Å². The summed E-state index contributed by atoms with van der Waals surface area (Å²) in [4.78, 5) is 1.22. The molecular weight excluding hydrogens is 304 g/mol. The number of hydrogen-bond donors (Lipinski definition) is 1. The van der Waals surface area contributed by atoms with Gasteiger partial charge >= 0.3 is 0 Å². The molecule has 108 valence electrons. The minimum atomic E-state index is 0.225. The van der Waals surface area contributed by atoms with Crippen LogP contribution >= 0.6 is 22.9 Å². The van der Waals surface area contributed by atoms with Crippen molar-refractivity contribution in [2.75, 3.05) is 5.32 Å². The molecular formula is C15H15ClN4S. The number of anilines is 1. The lowest BCUT2D eigenvalue weighted by atomic mass is 10.1. The molecule has 0 aliphatic rings. The predicted octanol–water partition coefficient (Wildman–Crippen LogP) is 4.37. The molecule has 1 N–H and O–H groups in total. The van der Waals surface area contributed by atoms with Crippen molar-refractivity contribution < 1.29 is 0 Å². The van der Waals surface area contributed by atoms with Gasteiger partial charge in [-0.3, -0.25) is 0 Å². The summed E-state index contributed by atoms with van der Waals surface area (Å²) in [5.41, 5.74) is 2.12. The summed E-state index contributed by atoms with van der Waals surface area (Å²) in [6, 6.07) is 12.4. The van der Waals surface area contributed by atoms with Gasteiger partial charge in [0.05, 0.1) is 10.4 Å². The molecule has 0 aliphatic carbocycles. The average Bonchev–Trinajstić information content (AvgIpc) is 3.08. The molecule has 0 bridgehead atoms. The smallest absolute Gasteiger partial charge is 0.163 e. The third kappa shape index (κ3) is 3.09. The van der Waals surface area contributed by atoms with Crippen molar-refractivity contribution in [2.45, 2.75) is 13.0 Å². The maximum Gasteiger partial charge on any atom is 0.163 e. The van der Waals surface area contributed by atoms with Crippen molar-refractivity contribution >= 4 is 28.6 Å². The van der Waals surface area contributed by atoms with Crippen molar-refractivity contribution in [1.29, 1.82) is 0 Å². The van der Waals surface area contributed by atoms with Crippen LogP contribution in [0.4, 0.5) is 5.69 Å². The lowest BCUT2D eigenvalue weighted by Crippen LogP contribution is -2.04. The van der Waals surface area contributed by atoms with Gasteiger partial charge in [-0.15, -0.1) is 21.5 Å². The Morgan fingerprint density at radius 2 is 1.95 bits per heavy atom. The Balaban J connectivity index is 1.74. The molecule has 0 amide bonds. The molecule has 2 aromatic heterocycles. The molecule has 4 nitrogen and oxygen atoms in total. The highest BCUT2D eigenvalue weighted by molar-refractivity contribution is 7.16. The molecule has 2 heterocycles. The van der Waals surface area contributed by atoms with Gasteiger partial charge in [0.2, 0.25) is 0 Å². The Morgan fingerprint density at radius 1 is 1.19 bits per heavy atom. The number of aryl methyl sites for hydroxylation is 1. The molecule has 0 saturated carbocycles. The second-order valence-corrected chi connectivity index (χ2v) is 6.60. The number of nitrogens with one attached hydrogen (secondary N) is 1. The zero-order chi connectivity index (χ0) is 14.8. The van der Waals surface area contributed by atoms with E-state index in [0.717, 1.165) is 21.4 Å². The molecule has 3 aromatic rings. The lowest BCUT2D eigenvalue weighted by Gasteiger charge is -2.14. The zero-order valence-corrected chi connectivity index (χ0v) is 13.3. The predicted molar refractivity (Wildman–Crippen MR) is 87.8 cm³/mol. The van der Waals surface area contributed by atoms with Crippen molar-refractivity contribution in [2.24, 2.45) is 7.05 Å². The van der Waals surface area contributed by atoms with E-state index in [2.05, 4.69) is 40.6 Å². The van der Waals surface area contributed by atoms with Gasteiger partial charge in [-0.05, 0) is 43.3 Å². The Bertz CT molecular complexity index is 732. The van der Waals surface area contributed by atoms with E-state index in [1.54, 1.807) is 17.7 Å². The summed E-state index contributed by atoms with van der Waals surface area (Å²) in [5.74, 6) is 0.861. The van der Waals surface area contributed by atoms with Crippen LogP contribution in [0, 0.1) is 0 Å². The summed E-state index contributed by atoms with van der Waals surface area (Å²) < 4.78 is 2.72. The Kier molecular flexibility index (Phi) is 3.94. The van der Waals surface area contributed by atoms with Gasteiger partial charge in [0.15, 0.2) is 5.82 Å². The first-order chi connectivity index (χ1) is 10.1. The van der Waals surface area contributed by atoms with Gasteiger partial charge in [0, 0.05) is 23.2 Å². The highest BCUT2D eigenvalue weighted by Crippen LogP contribution is 2.29. The van der Waals surface area contributed by atoms with E-state index in [9.17, 15) is 0 Å². The van der Waals surface area contributed by atoms with Gasteiger partial charge in [0.25, 0.3) is 0 Å². The molecule has 0 spiro atoms. The molecule has 0 fully saturated rings. The average molecular weight is 319 g/mol. The van der Waals surface area contributed by atoms with Crippen LogP contribution in [0.25, 0.3) is 11.4 Å². The second-order valence-electron chi connectivity index (χ2n) is 4.85. The molecule has 0 aliphatic heterocycles. The van der Waals surface area contributed by atoms with E-state index in [4.69, 9.17) is 11.6 Å². The number of thiophene rings is 1. The number of aromatic nitrogens is 3. The number of nitrogens with zero attached hydrogens (tertiary/aromatic N) is 3. The topological polar surface area (TPSA) is 42.7 Å². The number of rotatable bonds is 4. The third-order valence-electron chi connectivity index (χ3n) is 3.26. The minimum absolute atomic E-state index is 0.225. The van der Waals surface area contributed by atoms with Gasteiger partial charge in [0.1, 0.15) is 6.33 Å². The number of benzene rings is 1. The second kappa shape index (κ2) is 5.87. The van der Waals surface area contributed by atoms with Crippen LogP contribution < -0.4 is 5.32 Å². The van der Waals surface area contributed by atoms with E-state index < -0.39 is 0 Å². The molecule has 1 atom stereocenters. The summed E-state index contributed by atoms with van der Waals surface area (Å²) in [6.07, 6.45) is 1.70. The van der Waals surface area contributed by atoms with Crippen LogP contribution in [-0.4, -0.2) is 14.8 Å². The van der Waals surface area contributed by atoms with Gasteiger partial charge in [-0.2, -0.15) is 0 Å². The van der Waals surface area contributed by atoms with Crippen LogP contribution in [0.3, 0.4) is 0 Å². The quantitative estimate of drug-likeness (QED) is 0.776. The highest BCUT2D eigenvalue weighted by atomic mass is 35.5. The van der Waals surface area contributed by atoms with Crippen molar-refractivity contribution in [3.05, 3.63) is 51.9 Å². The van der Waals surface area contributed by atoms with E-state index in [1.807, 2.05) is 29.8 Å². The van der Waals surface area contributed by atoms with Crippen LogP contribution in [0.1, 0.15) is 17.8 Å². The molecule has 21 heavy (non-hydrogen) atoms. The fraction of sp³-hybridized carbons (Fsp3) is 0.200. The summed E-state index contributed by atoms with van der Waals surface area (Å²) in [6.45, 7) is 2.12. The summed E-state index contributed by atoms with van der Waals surface area (Å²) >= 11 is 7.58. The van der Waals surface area contributed by atoms with Gasteiger partial charge in [-0.1, -0.05) is 11.6 Å². The maximum absolute atomic E-state index is 5.98. The third-order valence-corrected chi connectivity index (χ3v) is 4.67. The molecule has 6 heteroatoms. The Labute approximate surface area is 132 Å². The first kappa shape index (κ1) is 14.1. The van der Waals surface area contributed by atoms with Crippen molar-refractivity contribution in [3.63, 3.8) is 0 Å². The first-order valence-electron chi connectivity index (χ1n) is 6.59. The number of hydrogen-bond acceptors (Lipinski definition) is 4. The summed E-state index contributed by atoms with van der Waals surface area (Å²) in [7, 11) is 1.93. The van der Waals surface area contributed by atoms with Crippen molar-refractivity contribution in [1.82, 2.24) is 14.8 Å². The SMILES string of the molecule is CC(Nc1ccc(-c2nncn2C)cc1)c1ccc(Cl)s1. The molecule has 3 rings (SSSR count). The monoisotopic (exact) mass is 318 g/mol. The van der Waals surface area contributed by atoms with Gasteiger partial charge in [-0.25, -0.2) is 0 Å². The fourth-order valence-electron chi connectivity index (χ4n) is 2.14. The van der Waals surface area contributed by atoms with Crippen molar-refractivity contribution in [3.8, 4) is 11.4 Å². The standard InChI is InChI=1S/C15H15ClN4S/c1-10(13-7-8-14(16)21-13)18-12-5-3-11(4-6-12)15-19-17-9-20(15)2/h3-10,18H,1-2H3. The van der Waals surface area contributed by atoms with Crippen LogP contribution in [0.2, 0.25) is 4.34 Å². The van der Waals surface area contributed by atoms with Crippen LogP contribution in [-0.2, 0) is 7.05 Å². The molecule has 0 radical (unpaired) electrons. The Morgan fingerprint density at radius 3 is 2.52 bits per heavy atom. The van der Waals surface area contributed by atoms with Crippen LogP contribution in [0.15, 0.2) is 42.7 Å². The fourth-order valence-corrected chi connectivity index (χ4v) is 3.21. The maximum atomic E-state index is 5.98. The summed E-state index contributed by atoms with van der Waals surface area (Å²) in [5, 5.41) is 11.5. The van der Waals surface area contributed by atoms with E-state index in [1.165, 1.54) is 4.88 Å². The van der Waals surface area contributed by atoms with Gasteiger partial charge < -0.3 is 9.88 Å². The number of halogens is 1. The largest absolute Gasteiger partial charge is 0.378 e. The lowest BCUT2D eigenvalue weighted by molar-refractivity contribution is 0.907. The zero-order valence-electron chi connectivity index (χ0n) is 11.7. The van der Waals surface area contributed by atoms with Crippen LogP contribution in [0.5, 0.6) is 0 Å². The molecule has 0 saturated heterocycles. The first-order valence-corrected chi connectivity index (χ1v) is 7.79. The normalized spacial score (nSPS) is 12.3. The Hall–Kier alpha value is -1.85. The van der Waals surface area contributed by atoms with E-state index in [-0.39, 0.29) is 6.04 Å². The van der Waals surface area contributed by atoms with E-state index in [0.29, 0.717) is 0 Å². The minimum Gasteiger partial charge on any atom is -0.378 e. The highest BCUT2D eigenvalue weighted by Gasteiger charge is 2.09.